The van der Waals surface area contributed by atoms with E-state index in [0.29, 0.717) is 0 Å². The van der Waals surface area contributed by atoms with Crippen molar-refractivity contribution in [3.8, 4) is 0 Å². The summed E-state index contributed by atoms with van der Waals surface area (Å²) in [7, 11) is -1.47. The maximum Gasteiger partial charge on any atom is 0.00173 e. The molecule has 30 heavy (non-hydrogen) atoms. The van der Waals surface area contributed by atoms with E-state index in [4.69, 9.17) is 0 Å². The zero-order chi connectivity index (χ0) is 23.3. The minimum Gasteiger partial charge on any atom is -0.140 e. The Hall–Kier alpha value is -2.25. The summed E-state index contributed by atoms with van der Waals surface area (Å²) >= 11 is 0. The highest BCUT2D eigenvalue weighted by Gasteiger charge is 2.28. The van der Waals surface area contributed by atoms with Gasteiger partial charge in [-0.25, -0.2) is 0 Å². The van der Waals surface area contributed by atoms with E-state index < -0.39 is 10.0 Å². The lowest BCUT2D eigenvalue weighted by Gasteiger charge is -2.39. The first-order valence-corrected chi connectivity index (χ1v) is 13.0. The first-order chi connectivity index (χ1) is 14.8. The van der Waals surface area contributed by atoms with E-state index in [1.165, 1.54) is 14.7 Å². The van der Waals surface area contributed by atoms with Gasteiger partial charge in [0.15, 0.2) is 0 Å². The molecule has 0 atom stereocenters. The lowest BCUT2D eigenvalue weighted by molar-refractivity contribution is 1.22. The summed E-state index contributed by atoms with van der Waals surface area (Å²) in [6.45, 7) is 20.3. The summed E-state index contributed by atoms with van der Waals surface area (Å²) in [4.78, 5) is 3.95. The normalized spacial score (nSPS) is 11.4. The number of hydrogen-bond donors (Lipinski definition) is 0. The van der Waals surface area contributed by atoms with Gasteiger partial charge in [0.05, 0.1) is 0 Å². The SMILES string of the molecule is C=C/C(=C\CC)S(/C=C\C=C/C)(c1ccccc1)c1ccccc1.CC.CC.CC. The van der Waals surface area contributed by atoms with Gasteiger partial charge in [-0.3, -0.25) is 0 Å². The second-order valence-electron chi connectivity index (χ2n) is 5.36. The zero-order valence-electron chi connectivity index (χ0n) is 20.6. The second-order valence-corrected chi connectivity index (χ2v) is 8.36. The quantitative estimate of drug-likeness (QED) is 0.388. The molecule has 0 nitrogen and oxygen atoms in total. The maximum atomic E-state index is 4.13. The van der Waals surface area contributed by atoms with Crippen molar-refractivity contribution < 1.29 is 0 Å². The Bertz CT molecular complexity index is 682. The molecule has 2 aromatic rings. The summed E-state index contributed by atoms with van der Waals surface area (Å²) in [5.74, 6) is 0. The van der Waals surface area contributed by atoms with Crippen LogP contribution in [0.15, 0.2) is 118 Å². The maximum absolute atomic E-state index is 4.13. The first kappa shape index (κ1) is 29.9. The van der Waals surface area contributed by atoms with Gasteiger partial charge in [0.2, 0.25) is 0 Å². The third-order valence-corrected chi connectivity index (χ3v) is 7.47. The summed E-state index contributed by atoms with van der Waals surface area (Å²) in [6.07, 6.45) is 11.7. The fourth-order valence-corrected chi connectivity index (χ4v) is 6.22. The van der Waals surface area contributed by atoms with E-state index in [2.05, 4.69) is 104 Å². The van der Waals surface area contributed by atoms with Crippen molar-refractivity contribution in [2.45, 2.75) is 71.6 Å². The van der Waals surface area contributed by atoms with Crippen molar-refractivity contribution in [2.75, 3.05) is 0 Å². The average molecular weight is 425 g/mol. The van der Waals surface area contributed by atoms with E-state index in [1.54, 1.807) is 0 Å². The molecule has 2 rings (SSSR count). The molecule has 0 unspecified atom stereocenters. The summed E-state index contributed by atoms with van der Waals surface area (Å²) in [5.41, 5.74) is 0. The van der Waals surface area contributed by atoms with Gasteiger partial charge in [0.25, 0.3) is 0 Å². The number of rotatable bonds is 7. The monoisotopic (exact) mass is 424 g/mol. The molecule has 0 N–H and O–H groups in total. The largest absolute Gasteiger partial charge is 0.140 e. The van der Waals surface area contributed by atoms with E-state index >= 15 is 0 Å². The van der Waals surface area contributed by atoms with Crippen LogP contribution in [0.25, 0.3) is 0 Å². The lowest BCUT2D eigenvalue weighted by atomic mass is 10.4. The van der Waals surface area contributed by atoms with Crippen molar-refractivity contribution in [3.05, 3.63) is 108 Å². The fourth-order valence-electron chi connectivity index (χ4n) is 2.74. The zero-order valence-corrected chi connectivity index (χ0v) is 21.4. The number of benzene rings is 2. The number of hydrogen-bond acceptors (Lipinski definition) is 0. The average Bonchev–Trinajstić information content (AvgIpc) is 2.86. The van der Waals surface area contributed by atoms with Crippen LogP contribution < -0.4 is 0 Å². The van der Waals surface area contributed by atoms with Gasteiger partial charge in [-0.2, -0.15) is 0 Å². The highest BCUT2D eigenvalue weighted by molar-refractivity contribution is 8.39. The van der Waals surface area contributed by atoms with Gasteiger partial charge in [0, 0.05) is 9.79 Å². The van der Waals surface area contributed by atoms with Crippen LogP contribution in [0.5, 0.6) is 0 Å². The van der Waals surface area contributed by atoms with E-state index in [1.807, 2.05) is 54.5 Å². The Labute approximate surface area is 189 Å². The molecule has 0 heterocycles. The van der Waals surface area contributed by atoms with Crippen LogP contribution in [0.2, 0.25) is 0 Å². The van der Waals surface area contributed by atoms with Gasteiger partial charge in [-0.1, -0.05) is 122 Å². The van der Waals surface area contributed by atoms with Crippen molar-refractivity contribution in [2.24, 2.45) is 0 Å². The van der Waals surface area contributed by atoms with Crippen LogP contribution in [0.3, 0.4) is 0 Å². The summed E-state index contributed by atoms with van der Waals surface area (Å²) < 4.78 is 0. The molecule has 0 bridgehead atoms. The van der Waals surface area contributed by atoms with E-state index in [9.17, 15) is 0 Å². The highest BCUT2D eigenvalue weighted by atomic mass is 32.3. The molecule has 0 aliphatic carbocycles. The van der Waals surface area contributed by atoms with E-state index in [0.717, 1.165) is 6.42 Å². The molecule has 0 spiro atoms. The smallest absolute Gasteiger partial charge is 0.00173 e. The predicted octanol–water partition coefficient (Wildman–Crippen LogP) is 10.6. The molecule has 0 fully saturated rings. The molecule has 2 aromatic carbocycles. The Morgan fingerprint density at radius 3 is 1.53 bits per heavy atom. The molecular formula is C29H44S. The molecule has 0 radical (unpaired) electrons. The molecule has 0 aliphatic heterocycles. The minimum absolute atomic E-state index is 0.993. The third-order valence-electron chi connectivity index (χ3n) is 3.79. The molecule has 0 amide bonds. The highest BCUT2D eigenvalue weighted by Crippen LogP contribution is 2.69. The summed E-state index contributed by atoms with van der Waals surface area (Å²) in [6, 6.07) is 21.6. The van der Waals surface area contributed by atoms with Crippen LogP contribution in [0, 0.1) is 0 Å². The van der Waals surface area contributed by atoms with Crippen molar-refractivity contribution in [3.63, 3.8) is 0 Å². The van der Waals surface area contributed by atoms with Gasteiger partial charge < -0.3 is 0 Å². The van der Waals surface area contributed by atoms with Crippen LogP contribution in [0.4, 0.5) is 0 Å². The topological polar surface area (TPSA) is 0 Å². The van der Waals surface area contributed by atoms with Gasteiger partial charge in [-0.05, 0) is 47.9 Å². The lowest BCUT2D eigenvalue weighted by Crippen LogP contribution is -2.02. The van der Waals surface area contributed by atoms with Gasteiger partial charge in [0.1, 0.15) is 0 Å². The Morgan fingerprint density at radius 2 is 1.20 bits per heavy atom. The predicted molar refractivity (Wildman–Crippen MR) is 144 cm³/mol. The molecule has 1 heteroatoms. The molecule has 0 saturated carbocycles. The Morgan fingerprint density at radius 1 is 0.767 bits per heavy atom. The van der Waals surface area contributed by atoms with Crippen LogP contribution in [-0.4, -0.2) is 0 Å². The van der Waals surface area contributed by atoms with Crippen LogP contribution in [-0.2, 0) is 0 Å². The molecule has 166 valence electrons. The van der Waals surface area contributed by atoms with Crippen molar-refractivity contribution in [1.29, 1.82) is 0 Å². The molecule has 0 saturated heterocycles. The van der Waals surface area contributed by atoms with Crippen molar-refractivity contribution >= 4 is 10.0 Å². The van der Waals surface area contributed by atoms with E-state index in [-0.39, 0.29) is 0 Å². The molecule has 0 aliphatic rings. The van der Waals surface area contributed by atoms with Crippen molar-refractivity contribution in [1.82, 2.24) is 0 Å². The van der Waals surface area contributed by atoms with Crippen LogP contribution in [0.1, 0.15) is 61.8 Å². The second kappa shape index (κ2) is 20.0. The molecule has 0 aromatic heterocycles. The Kier molecular flexibility index (Phi) is 20.0. The standard InChI is InChI=1S/C23H26S.3C2H6/c1-4-7-14-20-24(21(6-3)15-5-2,22-16-10-8-11-17-22)23-18-12-9-13-19-23;3*1-2/h4,6-20H,3,5H2,1-2H3;3*1-2H3/b7-4-,20-14-,21-15+;;;. The van der Waals surface area contributed by atoms with Gasteiger partial charge >= 0.3 is 0 Å². The van der Waals surface area contributed by atoms with Gasteiger partial charge in [-0.15, -0.1) is 10.0 Å². The Balaban J connectivity index is 0. The van der Waals surface area contributed by atoms with Crippen LogP contribution >= 0.6 is 10.0 Å². The minimum atomic E-state index is -1.47. The first-order valence-electron chi connectivity index (χ1n) is 11.3. The number of allylic oxidation sites excluding steroid dienone is 5. The summed E-state index contributed by atoms with van der Waals surface area (Å²) in [5, 5.41) is 2.36. The fraction of sp³-hybridized carbons (Fsp3) is 0.310. The third kappa shape index (κ3) is 8.63. The molecular weight excluding hydrogens is 380 g/mol.